The maximum absolute atomic E-state index is 12.4. The second-order valence-corrected chi connectivity index (χ2v) is 6.93. The molecular weight excluding hydrogens is 374 g/mol. The van der Waals surface area contributed by atoms with Crippen LogP contribution in [0, 0.1) is 10.1 Å². The summed E-state index contributed by atoms with van der Waals surface area (Å²) in [6.07, 6.45) is 0. The van der Waals surface area contributed by atoms with Crippen molar-refractivity contribution < 1.29 is 23.9 Å². The summed E-state index contributed by atoms with van der Waals surface area (Å²) in [6.45, 7) is 0. The highest BCUT2D eigenvalue weighted by Crippen LogP contribution is 2.23. The summed E-state index contributed by atoms with van der Waals surface area (Å²) in [5, 5.41) is 11.3. The molecule has 0 radical (unpaired) electrons. The topological polar surface area (TPSA) is 116 Å². The first-order chi connectivity index (χ1) is 12.7. The molecule has 1 aromatic rings. The highest BCUT2D eigenvalue weighted by atomic mass is 32.2. The van der Waals surface area contributed by atoms with E-state index in [0.29, 0.717) is 11.0 Å². The highest BCUT2D eigenvalue weighted by Gasteiger charge is 2.51. The van der Waals surface area contributed by atoms with Gasteiger partial charge in [-0.1, -0.05) is 12.1 Å². The standard InChI is InChI=1S/C16H16N5O5S/c1-18-13-12(14(23)20(3)16(24)19(13)2)17-15(18)27-8-11(22)9-5-4-6-10(7-9)21(25)26/h4-7,12H,8H2,1-3H3/q+1. The molecule has 0 N–H and O–H groups in total. The molecule has 0 aliphatic carbocycles. The van der Waals surface area contributed by atoms with Crippen molar-refractivity contribution in [2.45, 2.75) is 6.04 Å². The zero-order valence-corrected chi connectivity index (χ0v) is 15.6. The van der Waals surface area contributed by atoms with E-state index in [1.54, 1.807) is 18.7 Å². The van der Waals surface area contributed by atoms with Gasteiger partial charge in [0.05, 0.1) is 24.8 Å². The predicted octanol–water partition coefficient (Wildman–Crippen LogP) is 0.813. The molecule has 140 valence electrons. The highest BCUT2D eigenvalue weighted by molar-refractivity contribution is 8.14. The molecule has 2 heterocycles. The van der Waals surface area contributed by atoms with Crippen LogP contribution in [0.25, 0.3) is 0 Å². The number of imide groups is 1. The molecule has 3 amide bonds. The fourth-order valence-electron chi connectivity index (χ4n) is 2.85. The van der Waals surface area contributed by atoms with Gasteiger partial charge in [-0.3, -0.25) is 24.6 Å². The minimum Gasteiger partial charge on any atom is -0.293 e. The van der Waals surface area contributed by atoms with Gasteiger partial charge in [0.15, 0.2) is 5.78 Å². The van der Waals surface area contributed by atoms with Gasteiger partial charge in [-0.05, 0) is 11.8 Å². The van der Waals surface area contributed by atoms with Crippen molar-refractivity contribution in [1.29, 1.82) is 0 Å². The van der Waals surface area contributed by atoms with Crippen molar-refractivity contribution >= 4 is 46.2 Å². The number of carbonyl (C=O) groups is 3. The van der Waals surface area contributed by atoms with E-state index < -0.39 is 22.9 Å². The number of hydrogen-bond acceptors (Lipinski definition) is 7. The van der Waals surface area contributed by atoms with Crippen LogP contribution in [0.3, 0.4) is 0 Å². The van der Waals surface area contributed by atoms with Crippen LogP contribution in [-0.2, 0) is 4.79 Å². The molecule has 1 aromatic carbocycles. The van der Waals surface area contributed by atoms with Crippen molar-refractivity contribution in [3.8, 4) is 0 Å². The number of fused-ring (bicyclic) bond motifs is 1. The van der Waals surface area contributed by atoms with E-state index in [0.717, 1.165) is 16.7 Å². The Balaban J connectivity index is 1.77. The van der Waals surface area contributed by atoms with E-state index >= 15 is 0 Å². The van der Waals surface area contributed by atoms with Gasteiger partial charge < -0.3 is 0 Å². The summed E-state index contributed by atoms with van der Waals surface area (Å²) in [7, 11) is 4.62. The summed E-state index contributed by atoms with van der Waals surface area (Å²) >= 11 is 1.11. The summed E-state index contributed by atoms with van der Waals surface area (Å²) < 4.78 is 1.61. The number of rotatable bonds is 4. The van der Waals surface area contributed by atoms with Gasteiger partial charge in [0.1, 0.15) is 0 Å². The summed E-state index contributed by atoms with van der Waals surface area (Å²) in [6, 6.07) is 4.23. The largest absolute Gasteiger partial charge is 0.388 e. The van der Waals surface area contributed by atoms with Gasteiger partial charge in [-0.15, -0.1) is 4.99 Å². The molecule has 2 aliphatic heterocycles. The molecule has 27 heavy (non-hydrogen) atoms. The zero-order valence-electron chi connectivity index (χ0n) is 14.8. The summed E-state index contributed by atoms with van der Waals surface area (Å²) in [4.78, 5) is 53.7. The number of benzene rings is 1. The molecule has 0 aromatic heterocycles. The summed E-state index contributed by atoms with van der Waals surface area (Å²) in [5.74, 6) is -0.298. The van der Waals surface area contributed by atoms with Crippen molar-refractivity contribution in [2.24, 2.45) is 4.99 Å². The van der Waals surface area contributed by atoms with Crippen molar-refractivity contribution in [3.05, 3.63) is 39.9 Å². The number of amides is 3. The molecule has 3 rings (SSSR count). The molecule has 0 spiro atoms. The average Bonchev–Trinajstić information content (AvgIpc) is 2.99. The van der Waals surface area contributed by atoms with Crippen LogP contribution in [0.5, 0.6) is 0 Å². The molecule has 2 aliphatic rings. The molecule has 0 bridgehead atoms. The predicted molar refractivity (Wildman–Crippen MR) is 98.2 cm³/mol. The third-order valence-electron chi connectivity index (χ3n) is 4.31. The lowest BCUT2D eigenvalue weighted by molar-refractivity contribution is -0.384. The van der Waals surface area contributed by atoms with Gasteiger partial charge in [0.2, 0.25) is 0 Å². The van der Waals surface area contributed by atoms with Crippen LogP contribution in [0.2, 0.25) is 0 Å². The minimum absolute atomic E-state index is 0.00791. The number of thioether (sulfide) groups is 1. The third-order valence-corrected chi connectivity index (χ3v) is 5.35. The second-order valence-electron chi connectivity index (χ2n) is 5.99. The van der Waals surface area contributed by atoms with Crippen LogP contribution < -0.4 is 0 Å². The average molecular weight is 390 g/mol. The Morgan fingerprint density at radius 3 is 2.70 bits per heavy atom. The number of hydrogen-bond donors (Lipinski definition) is 0. The Morgan fingerprint density at radius 1 is 1.33 bits per heavy atom. The Labute approximate surface area is 158 Å². The van der Waals surface area contributed by atoms with Gasteiger partial charge in [0.25, 0.3) is 28.6 Å². The van der Waals surface area contributed by atoms with Crippen LogP contribution in [0.1, 0.15) is 10.4 Å². The normalized spacial score (nSPS) is 19.4. The number of non-ortho nitro benzene ring substituents is 1. The van der Waals surface area contributed by atoms with Crippen molar-refractivity contribution in [3.63, 3.8) is 0 Å². The fraction of sp³-hybridized carbons (Fsp3) is 0.312. The number of amidine groups is 2. The van der Waals surface area contributed by atoms with Gasteiger partial charge in [0, 0.05) is 24.7 Å². The Hall–Kier alpha value is -3.08. The molecule has 0 saturated carbocycles. The minimum atomic E-state index is -0.821. The molecule has 1 atom stereocenters. The van der Waals surface area contributed by atoms with Crippen LogP contribution in [0.15, 0.2) is 29.3 Å². The number of ketones is 1. The van der Waals surface area contributed by atoms with Gasteiger partial charge in [-0.25, -0.2) is 14.3 Å². The second kappa shape index (κ2) is 6.91. The first-order valence-electron chi connectivity index (χ1n) is 7.86. The lowest BCUT2D eigenvalue weighted by atomic mass is 10.1. The van der Waals surface area contributed by atoms with E-state index in [9.17, 15) is 24.5 Å². The first kappa shape index (κ1) is 18.7. The van der Waals surface area contributed by atoms with Crippen LogP contribution >= 0.6 is 11.8 Å². The van der Waals surface area contributed by atoms with E-state index in [1.165, 1.54) is 36.2 Å². The Morgan fingerprint density at radius 2 is 2.04 bits per heavy atom. The molecular formula is C16H16N5O5S+. The number of nitro benzene ring substituents is 1. The number of Topliss-reactive ketones (excluding diaryl/α,β-unsaturated/α-hetero) is 1. The SMILES string of the molecule is CN1C(=O)C2N=C(SCC(=O)c3cccc([N+](=O)[O-])c3)[N+](C)=C2N(C)C1=O. The maximum atomic E-state index is 12.4. The number of carbonyl (C=O) groups excluding carboxylic acids is 3. The van der Waals surface area contributed by atoms with Gasteiger partial charge in [-0.2, -0.15) is 0 Å². The molecule has 1 fully saturated rings. The Kier molecular flexibility index (Phi) is 4.79. The number of nitro groups is 1. The maximum Gasteiger partial charge on any atom is 0.388 e. The number of urea groups is 1. The van der Waals surface area contributed by atoms with Crippen molar-refractivity contribution in [1.82, 2.24) is 9.80 Å². The Bertz CT molecular complexity index is 941. The van der Waals surface area contributed by atoms with Crippen molar-refractivity contribution in [2.75, 3.05) is 26.9 Å². The third kappa shape index (κ3) is 3.21. The molecule has 11 heteroatoms. The van der Waals surface area contributed by atoms with Crippen LogP contribution in [0.4, 0.5) is 10.5 Å². The lowest BCUT2D eigenvalue weighted by Crippen LogP contribution is -2.59. The number of aliphatic imine (C=N–C) groups is 1. The molecule has 1 saturated heterocycles. The van der Waals surface area contributed by atoms with E-state index in [4.69, 9.17) is 0 Å². The monoisotopic (exact) mass is 390 g/mol. The number of likely N-dealkylation sites (N-methyl/N-ethyl adjacent to an activating group) is 2. The number of nitrogens with zero attached hydrogens (tertiary/aromatic N) is 5. The fourth-order valence-corrected chi connectivity index (χ4v) is 3.75. The van der Waals surface area contributed by atoms with E-state index in [2.05, 4.69) is 4.99 Å². The van der Waals surface area contributed by atoms with E-state index in [-0.39, 0.29) is 22.8 Å². The van der Waals surface area contributed by atoms with Crippen LogP contribution in [-0.4, -0.2) is 81.0 Å². The lowest BCUT2D eigenvalue weighted by Gasteiger charge is -2.27. The first-order valence-corrected chi connectivity index (χ1v) is 8.85. The molecule has 10 nitrogen and oxygen atoms in total. The van der Waals surface area contributed by atoms with Gasteiger partial charge >= 0.3 is 6.03 Å². The van der Waals surface area contributed by atoms with E-state index in [1.807, 2.05) is 0 Å². The smallest absolute Gasteiger partial charge is 0.293 e. The zero-order chi connectivity index (χ0) is 19.9. The molecule has 1 unspecified atom stereocenters. The quantitative estimate of drug-likeness (QED) is 0.325. The summed E-state index contributed by atoms with van der Waals surface area (Å²) in [5.41, 5.74) is 0.0719.